The van der Waals surface area contributed by atoms with Crippen molar-refractivity contribution in [3.63, 3.8) is 0 Å². The molecule has 1 aliphatic rings. The van der Waals surface area contributed by atoms with Crippen molar-refractivity contribution in [3.8, 4) is 5.75 Å². The van der Waals surface area contributed by atoms with Crippen molar-refractivity contribution < 1.29 is 14.6 Å². The van der Waals surface area contributed by atoms with Crippen molar-refractivity contribution in [2.45, 2.75) is 57.7 Å². The van der Waals surface area contributed by atoms with Gasteiger partial charge in [-0.2, -0.15) is 0 Å². The highest BCUT2D eigenvalue weighted by atomic mass is 16.5. The van der Waals surface area contributed by atoms with Crippen LogP contribution >= 0.6 is 0 Å². The van der Waals surface area contributed by atoms with E-state index in [1.54, 1.807) is 18.2 Å². The number of carbonyl (C=O) groups is 1. The van der Waals surface area contributed by atoms with Crippen LogP contribution in [0.5, 0.6) is 5.75 Å². The second kappa shape index (κ2) is 6.36. The van der Waals surface area contributed by atoms with Crippen LogP contribution in [-0.4, -0.2) is 39.7 Å². The largest absolute Gasteiger partial charge is 0.507 e. The van der Waals surface area contributed by atoms with Gasteiger partial charge in [-0.1, -0.05) is 18.2 Å². The monoisotopic (exact) mass is 317 g/mol. The molecule has 2 rings (SSSR count). The van der Waals surface area contributed by atoms with Gasteiger partial charge in [0.15, 0.2) is 0 Å². The molecule has 1 heterocycles. The van der Waals surface area contributed by atoms with E-state index in [1.165, 1.54) is 6.07 Å². The molecule has 0 aliphatic carbocycles. The molecular formula is C19H27NO3. The Morgan fingerprint density at radius 1 is 1.30 bits per heavy atom. The fraction of sp³-hybridized carbons (Fsp3) is 0.526. The lowest BCUT2D eigenvalue weighted by atomic mass is 9.78. The van der Waals surface area contributed by atoms with Gasteiger partial charge in [-0.05, 0) is 39.8 Å². The van der Waals surface area contributed by atoms with E-state index >= 15 is 0 Å². The van der Waals surface area contributed by atoms with Crippen LogP contribution in [-0.2, 0) is 4.74 Å². The first-order valence-corrected chi connectivity index (χ1v) is 8.05. The number of ether oxygens (including phenoxy) is 1. The lowest BCUT2D eigenvalue weighted by Crippen LogP contribution is -2.62. The smallest absolute Gasteiger partial charge is 0.342 e. The standard InChI is InChI=1S/C19H27NO3/c1-6-11-20-18(2,3)12-14(13-19(20,4)5)23-17(22)15-9-7-8-10-16(15)21/h6-10,14,21H,1,11-13H2,2-5H3. The summed E-state index contributed by atoms with van der Waals surface area (Å²) in [6.45, 7) is 13.3. The highest BCUT2D eigenvalue weighted by molar-refractivity contribution is 5.92. The fourth-order valence-electron chi connectivity index (χ4n) is 3.79. The number of hydrogen-bond donors (Lipinski definition) is 1. The highest BCUT2D eigenvalue weighted by Gasteiger charge is 2.46. The molecule has 1 N–H and O–H groups in total. The van der Waals surface area contributed by atoms with Crippen molar-refractivity contribution in [2.75, 3.05) is 6.54 Å². The minimum absolute atomic E-state index is 0.0416. The number of carbonyl (C=O) groups excluding carboxylic acids is 1. The zero-order valence-corrected chi connectivity index (χ0v) is 14.5. The van der Waals surface area contributed by atoms with Gasteiger partial charge in [-0.3, -0.25) is 4.90 Å². The van der Waals surface area contributed by atoms with Gasteiger partial charge in [-0.25, -0.2) is 4.79 Å². The SMILES string of the molecule is C=CCN1C(C)(C)CC(OC(=O)c2ccccc2O)CC1(C)C. The van der Waals surface area contributed by atoms with Gasteiger partial charge in [0.1, 0.15) is 17.4 Å². The summed E-state index contributed by atoms with van der Waals surface area (Å²) in [5.41, 5.74) is 0.0239. The Kier molecular flexibility index (Phi) is 4.85. The zero-order valence-electron chi connectivity index (χ0n) is 14.5. The molecule has 1 saturated heterocycles. The van der Waals surface area contributed by atoms with E-state index < -0.39 is 5.97 Å². The van der Waals surface area contributed by atoms with Gasteiger partial charge in [0.05, 0.1) is 0 Å². The minimum Gasteiger partial charge on any atom is -0.507 e. The van der Waals surface area contributed by atoms with E-state index in [0.717, 1.165) is 19.4 Å². The Balaban J connectivity index is 2.15. The lowest BCUT2D eigenvalue weighted by molar-refractivity contribution is -0.0811. The third-order valence-electron chi connectivity index (χ3n) is 4.63. The van der Waals surface area contributed by atoms with Crippen LogP contribution in [0.25, 0.3) is 0 Å². The summed E-state index contributed by atoms with van der Waals surface area (Å²) in [5.74, 6) is -0.503. The molecule has 0 aromatic heterocycles. The number of benzene rings is 1. The summed E-state index contributed by atoms with van der Waals surface area (Å²) in [6, 6.07) is 6.49. The number of aromatic hydroxyl groups is 1. The molecular weight excluding hydrogens is 290 g/mol. The first-order valence-electron chi connectivity index (χ1n) is 8.05. The van der Waals surface area contributed by atoms with E-state index in [4.69, 9.17) is 4.74 Å². The molecule has 0 unspecified atom stereocenters. The molecule has 23 heavy (non-hydrogen) atoms. The minimum atomic E-state index is -0.461. The van der Waals surface area contributed by atoms with Gasteiger partial charge < -0.3 is 9.84 Å². The van der Waals surface area contributed by atoms with Crippen molar-refractivity contribution in [1.29, 1.82) is 0 Å². The maximum Gasteiger partial charge on any atom is 0.342 e. The molecule has 4 nitrogen and oxygen atoms in total. The average molecular weight is 317 g/mol. The summed E-state index contributed by atoms with van der Waals surface area (Å²) in [7, 11) is 0. The van der Waals surface area contributed by atoms with Crippen molar-refractivity contribution >= 4 is 5.97 Å². The molecule has 126 valence electrons. The van der Waals surface area contributed by atoms with Crippen molar-refractivity contribution in [3.05, 3.63) is 42.5 Å². The number of para-hydroxylation sites is 1. The molecule has 1 aliphatic heterocycles. The number of hydrogen-bond acceptors (Lipinski definition) is 4. The van der Waals surface area contributed by atoms with E-state index in [1.807, 2.05) is 6.08 Å². The first-order chi connectivity index (χ1) is 10.7. The van der Waals surface area contributed by atoms with Crippen LogP contribution in [0.3, 0.4) is 0 Å². The Bertz CT molecular complexity index is 574. The predicted molar refractivity (Wildman–Crippen MR) is 91.6 cm³/mol. The molecule has 0 atom stereocenters. The van der Waals surface area contributed by atoms with Crippen LogP contribution in [0.2, 0.25) is 0 Å². The topological polar surface area (TPSA) is 49.8 Å². The van der Waals surface area contributed by atoms with Crippen LogP contribution in [0.15, 0.2) is 36.9 Å². The Labute approximate surface area is 138 Å². The fourth-order valence-corrected chi connectivity index (χ4v) is 3.79. The lowest BCUT2D eigenvalue weighted by Gasteiger charge is -2.54. The third-order valence-corrected chi connectivity index (χ3v) is 4.63. The molecule has 0 saturated carbocycles. The van der Waals surface area contributed by atoms with E-state index in [2.05, 4.69) is 39.2 Å². The Morgan fingerprint density at radius 3 is 2.39 bits per heavy atom. The molecule has 1 aromatic rings. The number of likely N-dealkylation sites (tertiary alicyclic amines) is 1. The molecule has 0 radical (unpaired) electrons. The molecule has 0 bridgehead atoms. The van der Waals surface area contributed by atoms with Crippen LogP contribution in [0, 0.1) is 0 Å². The summed E-state index contributed by atoms with van der Waals surface area (Å²) in [6.07, 6.45) is 3.25. The number of piperidine rings is 1. The van der Waals surface area contributed by atoms with Crippen molar-refractivity contribution in [1.82, 2.24) is 4.90 Å². The van der Waals surface area contributed by atoms with Gasteiger partial charge in [-0.15, -0.1) is 6.58 Å². The number of nitrogens with zero attached hydrogens (tertiary/aromatic N) is 1. The normalized spacial score (nSPS) is 20.9. The summed E-state index contributed by atoms with van der Waals surface area (Å²) < 4.78 is 5.70. The first kappa shape index (κ1) is 17.5. The molecule has 1 aromatic carbocycles. The maximum absolute atomic E-state index is 12.4. The van der Waals surface area contributed by atoms with E-state index in [9.17, 15) is 9.90 Å². The van der Waals surface area contributed by atoms with Gasteiger partial charge >= 0.3 is 5.97 Å². The van der Waals surface area contributed by atoms with Crippen LogP contribution < -0.4 is 0 Å². The average Bonchev–Trinajstić information content (AvgIpc) is 2.42. The predicted octanol–water partition coefficient (Wildman–Crippen LogP) is 3.76. The van der Waals surface area contributed by atoms with Gasteiger partial charge in [0.2, 0.25) is 0 Å². The number of esters is 1. The summed E-state index contributed by atoms with van der Waals surface area (Å²) in [4.78, 5) is 14.8. The molecule has 0 amide bonds. The summed E-state index contributed by atoms with van der Waals surface area (Å²) in [5, 5.41) is 9.81. The Morgan fingerprint density at radius 2 is 1.87 bits per heavy atom. The summed E-state index contributed by atoms with van der Waals surface area (Å²) >= 11 is 0. The zero-order chi connectivity index (χ0) is 17.3. The Hall–Kier alpha value is -1.81. The number of phenolic OH excluding ortho intramolecular Hbond substituents is 1. The van der Waals surface area contributed by atoms with Crippen molar-refractivity contribution in [2.24, 2.45) is 0 Å². The highest BCUT2D eigenvalue weighted by Crippen LogP contribution is 2.39. The second-order valence-corrected chi connectivity index (χ2v) is 7.48. The quantitative estimate of drug-likeness (QED) is 0.678. The van der Waals surface area contributed by atoms with Crippen LogP contribution in [0.1, 0.15) is 50.9 Å². The van der Waals surface area contributed by atoms with Gasteiger partial charge in [0, 0.05) is 30.5 Å². The van der Waals surface area contributed by atoms with E-state index in [-0.39, 0.29) is 28.5 Å². The second-order valence-electron chi connectivity index (χ2n) is 7.48. The molecule has 0 spiro atoms. The third kappa shape index (κ3) is 3.75. The van der Waals surface area contributed by atoms with Crippen LogP contribution in [0.4, 0.5) is 0 Å². The number of phenols is 1. The number of rotatable bonds is 4. The molecule has 1 fully saturated rings. The maximum atomic E-state index is 12.4. The van der Waals surface area contributed by atoms with E-state index in [0.29, 0.717) is 0 Å². The van der Waals surface area contributed by atoms with Gasteiger partial charge in [0.25, 0.3) is 0 Å². The molecule has 4 heteroatoms.